The van der Waals surface area contributed by atoms with Gasteiger partial charge >= 0.3 is 0 Å². The molecule has 10 atom stereocenters. The highest BCUT2D eigenvalue weighted by Crippen LogP contribution is 2.68. The Bertz CT molecular complexity index is 612. The van der Waals surface area contributed by atoms with Crippen molar-refractivity contribution in [2.45, 2.75) is 123 Å². The molecular formula is C27H48O3. The quantitative estimate of drug-likeness (QED) is 0.546. The largest absolute Gasteiger partial charge is 0.393 e. The molecule has 4 rings (SSSR count). The van der Waals surface area contributed by atoms with Gasteiger partial charge in [-0.3, -0.25) is 0 Å². The second-order valence-electron chi connectivity index (χ2n) is 13.1. The van der Waals surface area contributed by atoms with Crippen LogP contribution >= 0.6 is 0 Å². The Morgan fingerprint density at radius 2 is 1.60 bits per heavy atom. The molecule has 0 radical (unpaired) electrons. The molecule has 0 aromatic heterocycles. The van der Waals surface area contributed by atoms with E-state index in [-0.39, 0.29) is 12.2 Å². The molecule has 4 aliphatic carbocycles. The maximum Gasteiger partial charge on any atom is 0.0591 e. The zero-order chi connectivity index (χ0) is 21.9. The predicted molar refractivity (Wildman–Crippen MR) is 122 cm³/mol. The van der Waals surface area contributed by atoms with Crippen LogP contribution in [-0.4, -0.2) is 33.1 Å². The van der Waals surface area contributed by atoms with Crippen molar-refractivity contribution >= 4 is 0 Å². The highest BCUT2D eigenvalue weighted by atomic mass is 16.3. The van der Waals surface area contributed by atoms with Gasteiger partial charge in [-0.1, -0.05) is 33.6 Å². The maximum absolute atomic E-state index is 11.4. The Labute approximate surface area is 185 Å². The molecule has 0 aromatic rings. The van der Waals surface area contributed by atoms with Crippen LogP contribution in [0.5, 0.6) is 0 Å². The number of hydrogen-bond donors (Lipinski definition) is 3. The van der Waals surface area contributed by atoms with Crippen molar-refractivity contribution in [1.29, 1.82) is 0 Å². The van der Waals surface area contributed by atoms with Gasteiger partial charge in [0.05, 0.1) is 17.8 Å². The monoisotopic (exact) mass is 420 g/mol. The van der Waals surface area contributed by atoms with Gasteiger partial charge in [-0.15, -0.1) is 0 Å². The molecular weight excluding hydrogens is 372 g/mol. The molecule has 0 spiro atoms. The molecule has 174 valence electrons. The minimum atomic E-state index is -0.550. The molecule has 30 heavy (non-hydrogen) atoms. The number of hydrogen-bond acceptors (Lipinski definition) is 3. The molecule has 4 saturated carbocycles. The van der Waals surface area contributed by atoms with E-state index in [1.807, 2.05) is 13.8 Å². The van der Waals surface area contributed by atoms with Crippen LogP contribution in [0.15, 0.2) is 0 Å². The van der Waals surface area contributed by atoms with Crippen LogP contribution in [0.25, 0.3) is 0 Å². The van der Waals surface area contributed by atoms with Crippen molar-refractivity contribution in [3.63, 3.8) is 0 Å². The molecule has 4 aliphatic rings. The molecule has 4 fully saturated rings. The van der Waals surface area contributed by atoms with Crippen LogP contribution < -0.4 is 0 Å². The van der Waals surface area contributed by atoms with Crippen molar-refractivity contribution in [2.75, 3.05) is 0 Å². The Kier molecular flexibility index (Phi) is 6.17. The van der Waals surface area contributed by atoms with E-state index in [9.17, 15) is 15.3 Å². The summed E-state index contributed by atoms with van der Waals surface area (Å²) in [6.07, 6.45) is 12.0. The fourth-order valence-electron chi connectivity index (χ4n) is 9.23. The van der Waals surface area contributed by atoms with Crippen molar-refractivity contribution in [3.05, 3.63) is 0 Å². The van der Waals surface area contributed by atoms with Gasteiger partial charge in [0.25, 0.3) is 0 Å². The Hall–Kier alpha value is -0.120. The average molecular weight is 421 g/mol. The average Bonchev–Trinajstić information content (AvgIpc) is 2.99. The molecule has 0 amide bonds. The first-order valence-electron chi connectivity index (χ1n) is 13.0. The van der Waals surface area contributed by atoms with Gasteiger partial charge in [-0.25, -0.2) is 0 Å². The Morgan fingerprint density at radius 1 is 0.933 bits per heavy atom. The van der Waals surface area contributed by atoms with Gasteiger partial charge in [0.1, 0.15) is 0 Å². The third-order valence-corrected chi connectivity index (χ3v) is 10.9. The number of fused-ring (bicyclic) bond motifs is 5. The number of aliphatic hydroxyl groups is 3. The van der Waals surface area contributed by atoms with Crippen LogP contribution in [0.3, 0.4) is 0 Å². The number of aliphatic hydroxyl groups excluding tert-OH is 2. The SMILES string of the molecule is C[C@H](CCCC(C)(C)O)[C@H]1CC[C@H]2[C@@H]3C(O)C[C@H]4C[C@@H](O)CC[C@]4(C)[C@H]3CC[C@]12C. The summed E-state index contributed by atoms with van der Waals surface area (Å²) >= 11 is 0. The van der Waals surface area contributed by atoms with E-state index in [1.54, 1.807) is 0 Å². The van der Waals surface area contributed by atoms with Crippen molar-refractivity contribution in [3.8, 4) is 0 Å². The molecule has 0 bridgehead atoms. The standard InChI is InChI=1S/C27H48O3/c1-17(7-6-12-25(2,3)30)20-8-9-21-24-22(11-14-27(20,21)5)26(4)13-10-19(28)15-18(26)16-23(24)29/h17-24,28-30H,6-16H2,1-5H3/t17-,18-,19+,20-,21+,22+,23?,24+,26+,27-/m1/s1. The summed E-state index contributed by atoms with van der Waals surface area (Å²) in [7, 11) is 0. The fraction of sp³-hybridized carbons (Fsp3) is 1.00. The van der Waals surface area contributed by atoms with E-state index in [4.69, 9.17) is 0 Å². The summed E-state index contributed by atoms with van der Waals surface area (Å²) in [5.41, 5.74) is 0.139. The Balaban J connectivity index is 1.49. The smallest absolute Gasteiger partial charge is 0.0591 e. The van der Waals surface area contributed by atoms with Crippen molar-refractivity contribution in [2.24, 2.45) is 46.3 Å². The molecule has 0 saturated heterocycles. The molecule has 3 nitrogen and oxygen atoms in total. The molecule has 0 aromatic carbocycles. The van der Waals surface area contributed by atoms with Crippen LogP contribution in [0.2, 0.25) is 0 Å². The van der Waals surface area contributed by atoms with Gasteiger partial charge in [0.15, 0.2) is 0 Å². The van der Waals surface area contributed by atoms with Crippen molar-refractivity contribution in [1.82, 2.24) is 0 Å². The lowest BCUT2D eigenvalue weighted by atomic mass is 9.43. The van der Waals surface area contributed by atoms with Crippen LogP contribution in [0.1, 0.15) is 105 Å². The number of rotatable bonds is 5. The lowest BCUT2D eigenvalue weighted by molar-refractivity contribution is -0.174. The molecule has 3 N–H and O–H groups in total. The van der Waals surface area contributed by atoms with Gasteiger partial charge < -0.3 is 15.3 Å². The minimum absolute atomic E-state index is 0.152. The van der Waals surface area contributed by atoms with Gasteiger partial charge in [0.2, 0.25) is 0 Å². The lowest BCUT2D eigenvalue weighted by Gasteiger charge is -2.62. The van der Waals surface area contributed by atoms with E-state index in [0.717, 1.165) is 44.4 Å². The highest BCUT2D eigenvalue weighted by molar-refractivity contribution is 5.11. The molecule has 3 heteroatoms. The minimum Gasteiger partial charge on any atom is -0.393 e. The lowest BCUT2D eigenvalue weighted by Crippen LogP contribution is -2.58. The topological polar surface area (TPSA) is 60.7 Å². The van der Waals surface area contributed by atoms with Crippen LogP contribution in [0.4, 0.5) is 0 Å². The Morgan fingerprint density at radius 3 is 2.30 bits per heavy atom. The van der Waals surface area contributed by atoms with Crippen molar-refractivity contribution < 1.29 is 15.3 Å². The van der Waals surface area contributed by atoms with E-state index in [1.165, 1.54) is 32.1 Å². The van der Waals surface area contributed by atoms with E-state index < -0.39 is 5.60 Å². The second kappa shape index (κ2) is 8.03. The van der Waals surface area contributed by atoms with Gasteiger partial charge in [-0.2, -0.15) is 0 Å². The van der Waals surface area contributed by atoms with Gasteiger partial charge in [-0.05, 0) is 118 Å². The maximum atomic E-state index is 11.4. The third kappa shape index (κ3) is 3.90. The second-order valence-corrected chi connectivity index (χ2v) is 13.1. The summed E-state index contributed by atoms with van der Waals surface area (Å²) in [6.45, 7) is 11.4. The third-order valence-electron chi connectivity index (χ3n) is 10.9. The summed E-state index contributed by atoms with van der Waals surface area (Å²) in [4.78, 5) is 0. The first-order valence-corrected chi connectivity index (χ1v) is 13.0. The first kappa shape index (κ1) is 23.1. The van der Waals surface area contributed by atoms with Crippen LogP contribution in [0, 0.1) is 46.3 Å². The molecule has 0 aliphatic heterocycles. The molecule has 0 heterocycles. The first-order chi connectivity index (χ1) is 14.0. The summed E-state index contributed by atoms with van der Waals surface area (Å²) in [6, 6.07) is 0. The zero-order valence-electron chi connectivity index (χ0n) is 20.2. The zero-order valence-corrected chi connectivity index (χ0v) is 20.2. The van der Waals surface area contributed by atoms with Gasteiger partial charge in [0, 0.05) is 0 Å². The highest BCUT2D eigenvalue weighted by Gasteiger charge is 2.62. The van der Waals surface area contributed by atoms with E-state index in [0.29, 0.717) is 40.4 Å². The fourth-order valence-corrected chi connectivity index (χ4v) is 9.23. The normalized spacial score (nSPS) is 49.8. The van der Waals surface area contributed by atoms with Crippen LogP contribution in [-0.2, 0) is 0 Å². The molecule has 1 unspecified atom stereocenters. The van der Waals surface area contributed by atoms with E-state index >= 15 is 0 Å². The van der Waals surface area contributed by atoms with E-state index in [2.05, 4.69) is 20.8 Å². The summed E-state index contributed by atoms with van der Waals surface area (Å²) in [5.74, 6) is 3.73. The summed E-state index contributed by atoms with van der Waals surface area (Å²) < 4.78 is 0. The predicted octanol–water partition coefficient (Wildman–Crippen LogP) is 5.55. The summed E-state index contributed by atoms with van der Waals surface area (Å²) in [5, 5.41) is 31.7.